The molecule has 5 heterocycles. The average Bonchev–Trinajstić information content (AvgIpc) is 4.09. The molecule has 6 fully saturated rings. The number of hydrogen-bond acceptors (Lipinski definition) is 14. The van der Waals surface area contributed by atoms with Crippen molar-refractivity contribution >= 4 is 23.7 Å². The van der Waals surface area contributed by atoms with Crippen LogP contribution in [0.25, 0.3) is 0 Å². The lowest BCUT2D eigenvalue weighted by molar-refractivity contribution is -0.387. The molecule has 0 aromatic heterocycles. The van der Waals surface area contributed by atoms with Crippen molar-refractivity contribution in [2.75, 3.05) is 19.9 Å². The third-order valence-corrected chi connectivity index (χ3v) is 14.8. The van der Waals surface area contributed by atoms with E-state index in [-0.39, 0.29) is 103 Å². The van der Waals surface area contributed by atoms with Crippen LogP contribution in [0, 0.1) is 45.1 Å². The van der Waals surface area contributed by atoms with E-state index < -0.39 is 46.7 Å². The summed E-state index contributed by atoms with van der Waals surface area (Å²) >= 11 is 0. The molecule has 57 heavy (non-hydrogen) atoms. The molecule has 16 heteroatoms. The molecule has 3 aliphatic carbocycles. The predicted octanol–water partition coefficient (Wildman–Crippen LogP) is 4.84. The number of rotatable bonds is 11. The van der Waals surface area contributed by atoms with Crippen molar-refractivity contribution < 1.29 is 61.9 Å². The second-order valence-electron chi connectivity index (χ2n) is 17.8. The number of amides is 1. The Morgan fingerprint density at radius 2 is 1.86 bits per heavy atom. The van der Waals surface area contributed by atoms with Gasteiger partial charge in [0.2, 0.25) is 6.29 Å². The molecule has 8 aliphatic rings. The number of nitro groups is 1. The topological polar surface area (TPSA) is 191 Å². The summed E-state index contributed by atoms with van der Waals surface area (Å²) in [5.74, 6) is -0.925. The minimum atomic E-state index is -1.06. The van der Waals surface area contributed by atoms with Gasteiger partial charge in [-0.1, -0.05) is 40.7 Å². The van der Waals surface area contributed by atoms with E-state index in [9.17, 15) is 24.5 Å². The van der Waals surface area contributed by atoms with Gasteiger partial charge in [0, 0.05) is 48.3 Å². The number of nitrogens with zero attached hydrogens (tertiary/aromatic N) is 2. The first-order valence-corrected chi connectivity index (χ1v) is 20.3. The molecular weight excluding hydrogens is 744 g/mol. The van der Waals surface area contributed by atoms with Crippen LogP contribution in [0.3, 0.4) is 0 Å². The van der Waals surface area contributed by atoms with Crippen LogP contribution in [0.15, 0.2) is 29.3 Å². The zero-order valence-corrected chi connectivity index (χ0v) is 33.6. The van der Waals surface area contributed by atoms with Gasteiger partial charge in [-0.3, -0.25) is 19.8 Å². The summed E-state index contributed by atoms with van der Waals surface area (Å²) in [6.07, 6.45) is -2.30. The van der Waals surface area contributed by atoms with Gasteiger partial charge in [-0.25, -0.2) is 9.59 Å². The van der Waals surface area contributed by atoms with Gasteiger partial charge in [-0.05, 0) is 55.7 Å². The smallest absolute Gasteiger partial charge is 0.411 e. The number of epoxide rings is 3. The molecule has 5 aliphatic heterocycles. The number of fused-ring (bicyclic) bond motifs is 7. The molecule has 1 spiro atoms. The largest absolute Gasteiger partial charge is 0.458 e. The highest BCUT2D eigenvalue weighted by atomic mass is 16.7. The Hall–Kier alpha value is -3.83. The fourth-order valence-electron chi connectivity index (χ4n) is 11.4. The highest BCUT2D eigenvalue weighted by Gasteiger charge is 2.93. The van der Waals surface area contributed by atoms with Gasteiger partial charge in [0.15, 0.2) is 11.9 Å². The second kappa shape index (κ2) is 13.3. The highest BCUT2D eigenvalue weighted by Crippen LogP contribution is 2.79. The van der Waals surface area contributed by atoms with Crippen molar-refractivity contribution in [2.24, 2.45) is 35.0 Å². The standard InChI is InChI=1S/C41H52N2O14/c1-9-42(38(46)50-15-23-10-11-27(26(14-23)43(47)48)54-37-30(53-22(7)44)20(5)19(4)21(6)52-37)17-51-33-29-32-31(55-32)28-25-16-49-36(45)24(25)12-13-39(28,8)41(29)35(57-41)34-40(33,56-34)18(2)3/h10-11,14,18-21,28-35,37H,9,12-13,15-17H2,1-8H3/t19-,20-,21?,28+,29?,30?,31-,32+,33-,34-,35-,37-,39-,40+,41+/m0/s1. The number of cyclic esters (lactones) is 1. The third kappa shape index (κ3) is 5.60. The summed E-state index contributed by atoms with van der Waals surface area (Å²) < 4.78 is 55.5. The summed E-state index contributed by atoms with van der Waals surface area (Å²) in [4.78, 5) is 51.1. The van der Waals surface area contributed by atoms with Crippen LogP contribution >= 0.6 is 0 Å². The molecule has 9 rings (SSSR count). The van der Waals surface area contributed by atoms with Crippen LogP contribution < -0.4 is 4.74 Å². The van der Waals surface area contributed by atoms with Crippen LogP contribution in [0.4, 0.5) is 10.5 Å². The Morgan fingerprint density at radius 3 is 2.56 bits per heavy atom. The summed E-state index contributed by atoms with van der Waals surface area (Å²) in [6.45, 7) is 15.6. The van der Waals surface area contributed by atoms with E-state index in [2.05, 4.69) is 20.8 Å². The zero-order valence-electron chi connectivity index (χ0n) is 33.6. The first-order chi connectivity index (χ1) is 27.1. The number of carbonyl (C=O) groups excluding carboxylic acids is 3. The van der Waals surface area contributed by atoms with E-state index in [1.54, 1.807) is 6.07 Å². The molecule has 4 saturated heterocycles. The number of hydrogen-bond donors (Lipinski definition) is 0. The van der Waals surface area contributed by atoms with Crippen LogP contribution in [-0.4, -0.2) is 108 Å². The fourth-order valence-corrected chi connectivity index (χ4v) is 11.4. The summed E-state index contributed by atoms with van der Waals surface area (Å²) in [6, 6.07) is 4.30. The van der Waals surface area contributed by atoms with Gasteiger partial charge in [-0.15, -0.1) is 0 Å². The number of ether oxygens (including phenoxy) is 9. The lowest BCUT2D eigenvalue weighted by Gasteiger charge is -2.54. The van der Waals surface area contributed by atoms with Crippen molar-refractivity contribution in [3.8, 4) is 5.75 Å². The quantitative estimate of drug-likeness (QED) is 0.0739. The lowest BCUT2D eigenvalue weighted by atomic mass is 9.47. The molecule has 310 valence electrons. The Morgan fingerprint density at radius 1 is 1.09 bits per heavy atom. The average molecular weight is 797 g/mol. The molecule has 1 amide bonds. The zero-order chi connectivity index (χ0) is 40.5. The third-order valence-electron chi connectivity index (χ3n) is 14.8. The van der Waals surface area contributed by atoms with Crippen molar-refractivity contribution in [1.82, 2.24) is 4.90 Å². The first-order valence-electron chi connectivity index (χ1n) is 20.3. The Labute approximate surface area is 330 Å². The maximum absolute atomic E-state index is 13.6. The Bertz CT molecular complexity index is 1920. The minimum absolute atomic E-state index is 0.0120. The van der Waals surface area contributed by atoms with E-state index in [0.29, 0.717) is 18.6 Å². The van der Waals surface area contributed by atoms with Gasteiger partial charge in [0.05, 0.1) is 29.3 Å². The Kier molecular flexibility index (Phi) is 9.06. The van der Waals surface area contributed by atoms with Crippen molar-refractivity contribution in [3.63, 3.8) is 0 Å². The van der Waals surface area contributed by atoms with E-state index >= 15 is 0 Å². The maximum Gasteiger partial charge on any atom is 0.411 e. The van der Waals surface area contributed by atoms with Gasteiger partial charge in [0.25, 0.3) is 0 Å². The van der Waals surface area contributed by atoms with E-state index in [1.807, 2.05) is 27.7 Å². The second-order valence-corrected chi connectivity index (χ2v) is 17.8. The first kappa shape index (κ1) is 38.7. The number of benzene rings is 1. The number of nitro benzene ring substituents is 1. The molecule has 2 saturated carbocycles. The molecule has 3 unspecified atom stereocenters. The minimum Gasteiger partial charge on any atom is -0.458 e. The fraction of sp³-hybridized carbons (Fsp3) is 0.732. The van der Waals surface area contributed by atoms with Crippen molar-refractivity contribution in [1.29, 1.82) is 0 Å². The molecule has 1 aromatic carbocycles. The van der Waals surface area contributed by atoms with Gasteiger partial charge in [0.1, 0.15) is 43.4 Å². The summed E-state index contributed by atoms with van der Waals surface area (Å²) in [7, 11) is 0. The normalized spacial score (nSPS) is 42.9. The van der Waals surface area contributed by atoms with Crippen LogP contribution in [0.5, 0.6) is 5.75 Å². The summed E-state index contributed by atoms with van der Waals surface area (Å²) in [5.41, 5.74) is 0.369. The SMILES string of the molecule is CCN(CO[C@H]1C2[C@H]3O[C@H]3[C@H]3C4=C(CC[C@]3(C)[C@@]23O[C@H]3[C@@H]2O[C@]12C(C)C)C(=O)OC4)C(=O)OCc1ccc(O[C@@H]2OC(C)[C@@H](C)[C@H](C)C2OC(C)=O)c([N+](=O)[O-])c1. The molecule has 0 radical (unpaired) electrons. The maximum atomic E-state index is 13.6. The molecule has 15 atom stereocenters. The van der Waals surface area contributed by atoms with E-state index in [4.69, 9.17) is 42.6 Å². The van der Waals surface area contributed by atoms with Crippen molar-refractivity contribution in [3.05, 3.63) is 45.0 Å². The predicted molar refractivity (Wildman–Crippen MR) is 195 cm³/mol. The van der Waals surface area contributed by atoms with Gasteiger partial charge < -0.3 is 42.6 Å². The van der Waals surface area contributed by atoms with Crippen LogP contribution in [0.2, 0.25) is 0 Å². The highest BCUT2D eigenvalue weighted by molar-refractivity contribution is 5.92. The van der Waals surface area contributed by atoms with Gasteiger partial charge in [-0.2, -0.15) is 0 Å². The molecule has 0 N–H and O–H groups in total. The number of carbonyl (C=O) groups is 3. The number of esters is 2. The molecular formula is C41H52N2O14. The lowest BCUT2D eigenvalue weighted by Crippen LogP contribution is -2.66. The molecule has 16 nitrogen and oxygen atoms in total. The van der Waals surface area contributed by atoms with Gasteiger partial charge >= 0.3 is 23.7 Å². The molecule has 1 aromatic rings. The van der Waals surface area contributed by atoms with E-state index in [0.717, 1.165) is 17.6 Å². The monoisotopic (exact) mass is 796 g/mol. The Balaban J connectivity index is 0.890. The van der Waals surface area contributed by atoms with Crippen LogP contribution in [-0.2, 0) is 54.1 Å². The van der Waals surface area contributed by atoms with Crippen LogP contribution in [0.1, 0.15) is 73.8 Å². The summed E-state index contributed by atoms with van der Waals surface area (Å²) in [5, 5.41) is 12.2. The molecule has 0 bridgehead atoms. The van der Waals surface area contributed by atoms with E-state index in [1.165, 1.54) is 24.0 Å². The van der Waals surface area contributed by atoms with Crippen molar-refractivity contribution in [2.45, 2.75) is 135 Å².